The highest BCUT2D eigenvalue weighted by atomic mass is 16.6. The molecule has 0 aromatic carbocycles. The summed E-state index contributed by atoms with van der Waals surface area (Å²) in [6.07, 6.45) is 8.36. The highest BCUT2D eigenvalue weighted by Crippen LogP contribution is 2.16. The number of nitrogens with one attached hydrogen (secondary N) is 1. The fourth-order valence-corrected chi connectivity index (χ4v) is 3.06. The predicted octanol–water partition coefficient (Wildman–Crippen LogP) is 3.61. The lowest BCUT2D eigenvalue weighted by Gasteiger charge is -2.26. The van der Waals surface area contributed by atoms with Crippen LogP contribution in [0.3, 0.4) is 0 Å². The van der Waals surface area contributed by atoms with E-state index < -0.39 is 10.8 Å². The zero-order valence-corrected chi connectivity index (χ0v) is 17.2. The zero-order chi connectivity index (χ0) is 20.2. The average molecular weight is 382 g/mol. The van der Waals surface area contributed by atoms with E-state index in [9.17, 15) is 14.9 Å². The molecule has 0 saturated carbocycles. The minimum Gasteiger partial charge on any atom is -0.347 e. The van der Waals surface area contributed by atoms with Gasteiger partial charge >= 0.3 is 5.69 Å². The number of hydrogen-bond donors (Lipinski definition) is 1. The SMILES string of the molecule is CCCCCN(CCCCC)CC(C)NC(=O)c1nn(CC)cc1[N+](=O)[O-]. The first kappa shape index (κ1) is 23.1. The van der Waals surface area contributed by atoms with E-state index in [2.05, 4.69) is 29.2 Å². The van der Waals surface area contributed by atoms with Crippen molar-refractivity contribution in [3.8, 4) is 0 Å². The molecule has 0 bridgehead atoms. The van der Waals surface area contributed by atoms with Crippen molar-refractivity contribution < 1.29 is 9.72 Å². The summed E-state index contributed by atoms with van der Waals surface area (Å²) in [5.41, 5.74) is -0.360. The quantitative estimate of drug-likeness (QED) is 0.302. The molecule has 1 heterocycles. The van der Waals surface area contributed by atoms with Crippen molar-refractivity contribution in [2.45, 2.75) is 78.8 Å². The lowest BCUT2D eigenvalue weighted by Crippen LogP contribution is -2.43. The van der Waals surface area contributed by atoms with Gasteiger partial charge in [0.2, 0.25) is 5.69 Å². The van der Waals surface area contributed by atoms with Crippen LogP contribution in [0.5, 0.6) is 0 Å². The minimum atomic E-state index is -0.555. The Morgan fingerprint density at radius 2 is 1.81 bits per heavy atom. The summed E-state index contributed by atoms with van der Waals surface area (Å²) < 4.78 is 1.42. The van der Waals surface area contributed by atoms with Gasteiger partial charge in [0.05, 0.1) is 4.92 Å². The molecule has 1 aromatic rings. The van der Waals surface area contributed by atoms with Gasteiger partial charge in [-0.3, -0.25) is 19.6 Å². The van der Waals surface area contributed by atoms with Crippen LogP contribution >= 0.6 is 0 Å². The number of carbonyl (C=O) groups is 1. The molecule has 0 saturated heterocycles. The lowest BCUT2D eigenvalue weighted by molar-refractivity contribution is -0.385. The summed E-state index contributed by atoms with van der Waals surface area (Å²) in [6.45, 7) is 11.4. The summed E-state index contributed by atoms with van der Waals surface area (Å²) in [5.74, 6) is -0.483. The van der Waals surface area contributed by atoms with Gasteiger partial charge < -0.3 is 10.2 Å². The molecule has 0 spiro atoms. The highest BCUT2D eigenvalue weighted by Gasteiger charge is 2.26. The van der Waals surface area contributed by atoms with Gasteiger partial charge in [0, 0.05) is 19.1 Å². The van der Waals surface area contributed by atoms with E-state index in [-0.39, 0.29) is 17.4 Å². The van der Waals surface area contributed by atoms with E-state index in [4.69, 9.17) is 0 Å². The summed E-state index contributed by atoms with van der Waals surface area (Å²) >= 11 is 0. The van der Waals surface area contributed by atoms with Crippen LogP contribution in [0.25, 0.3) is 0 Å². The number of nitro groups is 1. The minimum absolute atomic E-state index is 0.105. The molecule has 1 aromatic heterocycles. The van der Waals surface area contributed by atoms with Crippen molar-refractivity contribution in [1.29, 1.82) is 0 Å². The van der Waals surface area contributed by atoms with Crippen LogP contribution in [-0.4, -0.2) is 51.2 Å². The van der Waals surface area contributed by atoms with E-state index >= 15 is 0 Å². The van der Waals surface area contributed by atoms with Crippen LogP contribution in [0.15, 0.2) is 6.20 Å². The maximum absolute atomic E-state index is 12.5. The molecule has 8 heteroatoms. The van der Waals surface area contributed by atoms with Crippen molar-refractivity contribution >= 4 is 11.6 Å². The Morgan fingerprint density at radius 3 is 2.30 bits per heavy atom. The third kappa shape index (κ3) is 8.07. The fraction of sp³-hybridized carbons (Fsp3) is 0.789. The van der Waals surface area contributed by atoms with Gasteiger partial charge in [-0.25, -0.2) is 0 Å². The van der Waals surface area contributed by atoms with Crippen LogP contribution in [0.2, 0.25) is 0 Å². The van der Waals surface area contributed by atoms with Crippen molar-refractivity contribution in [2.75, 3.05) is 19.6 Å². The molecule has 1 amide bonds. The number of aryl methyl sites for hydroxylation is 1. The molecule has 0 fully saturated rings. The van der Waals surface area contributed by atoms with E-state index in [1.54, 1.807) is 0 Å². The number of carbonyl (C=O) groups excluding carboxylic acids is 1. The van der Waals surface area contributed by atoms with Crippen molar-refractivity contribution in [2.24, 2.45) is 0 Å². The van der Waals surface area contributed by atoms with E-state index in [0.29, 0.717) is 6.54 Å². The van der Waals surface area contributed by atoms with Crippen molar-refractivity contribution in [3.63, 3.8) is 0 Å². The van der Waals surface area contributed by atoms with Crippen LogP contribution in [0.4, 0.5) is 5.69 Å². The monoisotopic (exact) mass is 381 g/mol. The van der Waals surface area contributed by atoms with Gasteiger partial charge in [0.15, 0.2) is 0 Å². The van der Waals surface area contributed by atoms with Gasteiger partial charge in [-0.1, -0.05) is 39.5 Å². The molecule has 1 N–H and O–H groups in total. The second kappa shape index (κ2) is 12.4. The van der Waals surface area contributed by atoms with Gasteiger partial charge in [-0.2, -0.15) is 5.10 Å². The largest absolute Gasteiger partial charge is 0.347 e. The zero-order valence-electron chi connectivity index (χ0n) is 17.2. The van der Waals surface area contributed by atoms with Gasteiger partial charge in [0.1, 0.15) is 6.20 Å². The van der Waals surface area contributed by atoms with Crippen molar-refractivity contribution in [1.82, 2.24) is 20.0 Å². The third-order valence-electron chi connectivity index (χ3n) is 4.54. The predicted molar refractivity (Wildman–Crippen MR) is 107 cm³/mol. The maximum atomic E-state index is 12.5. The van der Waals surface area contributed by atoms with Gasteiger partial charge in [-0.05, 0) is 39.8 Å². The molecule has 8 nitrogen and oxygen atoms in total. The number of aromatic nitrogens is 2. The molecular formula is C19H35N5O3. The molecule has 0 aliphatic rings. The normalized spacial score (nSPS) is 12.3. The van der Waals surface area contributed by atoms with Crippen LogP contribution < -0.4 is 5.32 Å². The molecule has 1 rings (SSSR count). The Bertz CT molecular complexity index is 578. The smallest absolute Gasteiger partial charge is 0.320 e. The molecule has 1 atom stereocenters. The summed E-state index contributed by atoms with van der Waals surface area (Å²) in [6, 6.07) is -0.105. The number of amides is 1. The number of unbranched alkanes of at least 4 members (excludes halogenated alkanes) is 4. The summed E-state index contributed by atoms with van der Waals surface area (Å²) in [5, 5.41) is 18.1. The third-order valence-corrected chi connectivity index (χ3v) is 4.54. The molecule has 154 valence electrons. The summed E-state index contributed by atoms with van der Waals surface area (Å²) in [7, 11) is 0. The number of rotatable bonds is 14. The van der Waals surface area contributed by atoms with Gasteiger partial charge in [-0.15, -0.1) is 0 Å². The number of nitrogens with zero attached hydrogens (tertiary/aromatic N) is 4. The molecule has 0 aliphatic heterocycles. The maximum Gasteiger partial charge on any atom is 0.320 e. The molecule has 1 unspecified atom stereocenters. The van der Waals surface area contributed by atoms with E-state index in [0.717, 1.165) is 32.5 Å². The van der Waals surface area contributed by atoms with Crippen LogP contribution in [0.1, 0.15) is 76.7 Å². The molecule has 0 aliphatic carbocycles. The number of hydrogen-bond acceptors (Lipinski definition) is 5. The molecule has 0 radical (unpaired) electrons. The average Bonchev–Trinajstić information content (AvgIpc) is 3.07. The summed E-state index contributed by atoms with van der Waals surface area (Å²) in [4.78, 5) is 25.5. The lowest BCUT2D eigenvalue weighted by atomic mass is 10.2. The van der Waals surface area contributed by atoms with Crippen LogP contribution in [0, 0.1) is 10.1 Å². The standard InChI is InChI=1S/C19H35N5O3/c1-5-8-10-12-22(13-11-9-6-2)14-16(4)20-19(25)18-17(24(26)27)15-23(7-3)21-18/h15-16H,5-14H2,1-4H3,(H,20,25). The first-order chi connectivity index (χ1) is 12.9. The van der Waals surface area contributed by atoms with E-state index in [1.807, 2.05) is 13.8 Å². The molecular weight excluding hydrogens is 346 g/mol. The van der Waals surface area contributed by atoms with Gasteiger partial charge in [0.25, 0.3) is 5.91 Å². The van der Waals surface area contributed by atoms with Crippen LogP contribution in [-0.2, 0) is 6.54 Å². The second-order valence-corrected chi connectivity index (χ2v) is 7.07. The Balaban J connectivity index is 2.68. The fourth-order valence-electron chi connectivity index (χ4n) is 3.06. The Morgan fingerprint density at radius 1 is 1.22 bits per heavy atom. The Kier molecular flexibility index (Phi) is 10.6. The Labute approximate surface area is 162 Å². The highest BCUT2D eigenvalue weighted by molar-refractivity contribution is 5.96. The molecule has 27 heavy (non-hydrogen) atoms. The van der Waals surface area contributed by atoms with Crippen molar-refractivity contribution in [3.05, 3.63) is 22.0 Å². The topological polar surface area (TPSA) is 93.3 Å². The van der Waals surface area contributed by atoms with E-state index in [1.165, 1.54) is 36.6 Å². The first-order valence-electron chi connectivity index (χ1n) is 10.2. The first-order valence-corrected chi connectivity index (χ1v) is 10.2. The second-order valence-electron chi connectivity index (χ2n) is 7.07. The Hall–Kier alpha value is -1.96.